The quantitative estimate of drug-likeness (QED) is 0.474. The summed E-state index contributed by atoms with van der Waals surface area (Å²) in [6.07, 6.45) is 0. The van der Waals surface area contributed by atoms with E-state index >= 15 is 0 Å². The molecule has 0 heterocycles. The largest absolute Gasteiger partial charge is 0.396 e. The number of nitrogens with one attached hydrogen (secondary N) is 1. The van der Waals surface area contributed by atoms with Gasteiger partial charge in [0.25, 0.3) is 0 Å². The summed E-state index contributed by atoms with van der Waals surface area (Å²) >= 11 is 0. The van der Waals surface area contributed by atoms with Crippen molar-refractivity contribution < 1.29 is 22.3 Å². The summed E-state index contributed by atoms with van der Waals surface area (Å²) in [7, 11) is -3.85. The zero-order chi connectivity index (χ0) is 16.2. The molecule has 1 rings (SSSR count). The SMILES string of the molecule is Cc1cc(F)c(N)c(C)c1S(=O)(=O)NCCOCC(N)=O. The Kier molecular flexibility index (Phi) is 5.64. The maximum Gasteiger partial charge on any atom is 0.243 e. The summed E-state index contributed by atoms with van der Waals surface area (Å²) < 4.78 is 45.0. The maximum atomic E-state index is 13.4. The molecule has 0 radical (unpaired) electrons. The van der Waals surface area contributed by atoms with E-state index in [9.17, 15) is 17.6 Å². The van der Waals surface area contributed by atoms with Crippen LogP contribution in [-0.4, -0.2) is 34.1 Å². The van der Waals surface area contributed by atoms with Crippen molar-refractivity contribution in [2.45, 2.75) is 18.7 Å². The van der Waals surface area contributed by atoms with E-state index in [4.69, 9.17) is 16.2 Å². The Hall–Kier alpha value is -1.71. The zero-order valence-corrected chi connectivity index (χ0v) is 12.6. The highest BCUT2D eigenvalue weighted by atomic mass is 32.2. The van der Waals surface area contributed by atoms with Crippen LogP contribution in [0.25, 0.3) is 0 Å². The third kappa shape index (κ3) is 4.38. The fourth-order valence-corrected chi connectivity index (χ4v) is 3.33. The monoisotopic (exact) mass is 319 g/mol. The van der Waals surface area contributed by atoms with Gasteiger partial charge in [-0.15, -0.1) is 0 Å². The van der Waals surface area contributed by atoms with E-state index in [1.807, 2.05) is 0 Å². The van der Waals surface area contributed by atoms with Gasteiger partial charge in [-0.25, -0.2) is 17.5 Å². The van der Waals surface area contributed by atoms with Crippen LogP contribution >= 0.6 is 0 Å². The Morgan fingerprint density at radius 1 is 1.43 bits per heavy atom. The number of ether oxygens (including phenoxy) is 1. The number of aryl methyl sites for hydroxylation is 1. The summed E-state index contributed by atoms with van der Waals surface area (Å²) in [5.74, 6) is -1.30. The fourth-order valence-electron chi connectivity index (χ4n) is 1.84. The summed E-state index contributed by atoms with van der Waals surface area (Å²) in [6.45, 7) is 2.56. The number of benzene rings is 1. The molecule has 0 saturated carbocycles. The lowest BCUT2D eigenvalue weighted by atomic mass is 10.1. The summed E-state index contributed by atoms with van der Waals surface area (Å²) in [5.41, 5.74) is 10.6. The number of carbonyl (C=O) groups is 1. The van der Waals surface area contributed by atoms with Crippen molar-refractivity contribution in [3.63, 3.8) is 0 Å². The van der Waals surface area contributed by atoms with Crippen LogP contribution in [0.2, 0.25) is 0 Å². The predicted molar refractivity (Wildman–Crippen MR) is 75.5 cm³/mol. The molecule has 9 heteroatoms. The van der Waals surface area contributed by atoms with Crippen LogP contribution in [0.5, 0.6) is 0 Å². The summed E-state index contributed by atoms with van der Waals surface area (Å²) in [4.78, 5) is 10.4. The molecule has 1 amide bonds. The van der Waals surface area contributed by atoms with Gasteiger partial charge in [0.05, 0.1) is 17.2 Å². The lowest BCUT2D eigenvalue weighted by Gasteiger charge is -2.14. The zero-order valence-electron chi connectivity index (χ0n) is 11.8. The summed E-state index contributed by atoms with van der Waals surface area (Å²) in [6, 6.07) is 1.07. The molecular formula is C12H18FN3O4S. The molecule has 0 bridgehead atoms. The highest BCUT2D eigenvalue weighted by Crippen LogP contribution is 2.27. The number of carbonyl (C=O) groups excluding carboxylic acids is 1. The van der Waals surface area contributed by atoms with Crippen molar-refractivity contribution in [3.05, 3.63) is 23.0 Å². The first-order valence-electron chi connectivity index (χ1n) is 6.07. The number of sulfonamides is 1. The van der Waals surface area contributed by atoms with Crippen LogP contribution in [0.3, 0.4) is 0 Å². The predicted octanol–water partition coefficient (Wildman–Crippen LogP) is -0.195. The van der Waals surface area contributed by atoms with Gasteiger partial charge in [-0.05, 0) is 31.0 Å². The number of hydrogen-bond acceptors (Lipinski definition) is 5. The smallest absolute Gasteiger partial charge is 0.243 e. The third-order valence-corrected chi connectivity index (χ3v) is 4.50. The van der Waals surface area contributed by atoms with Crippen molar-refractivity contribution >= 4 is 21.6 Å². The molecule has 0 saturated heterocycles. The van der Waals surface area contributed by atoms with E-state index in [2.05, 4.69) is 4.72 Å². The second-order valence-electron chi connectivity index (χ2n) is 4.46. The lowest BCUT2D eigenvalue weighted by Crippen LogP contribution is -2.30. The molecule has 118 valence electrons. The molecule has 1 aromatic rings. The van der Waals surface area contributed by atoms with Crippen LogP contribution in [0, 0.1) is 19.7 Å². The Labute approximate surface area is 122 Å². The second-order valence-corrected chi connectivity index (χ2v) is 6.16. The van der Waals surface area contributed by atoms with Gasteiger partial charge in [0.1, 0.15) is 12.4 Å². The summed E-state index contributed by atoms with van der Waals surface area (Å²) in [5, 5.41) is 0. The van der Waals surface area contributed by atoms with Gasteiger partial charge < -0.3 is 16.2 Å². The number of hydrogen-bond donors (Lipinski definition) is 3. The van der Waals surface area contributed by atoms with Crippen molar-refractivity contribution in [3.8, 4) is 0 Å². The molecule has 0 spiro atoms. The minimum atomic E-state index is -3.85. The fraction of sp³-hybridized carbons (Fsp3) is 0.417. The number of nitrogen functional groups attached to an aromatic ring is 1. The molecule has 0 fully saturated rings. The first-order chi connectivity index (χ1) is 9.66. The van der Waals surface area contributed by atoms with E-state index in [0.717, 1.165) is 6.07 Å². The van der Waals surface area contributed by atoms with E-state index in [1.54, 1.807) is 0 Å². The highest BCUT2D eigenvalue weighted by molar-refractivity contribution is 7.89. The van der Waals surface area contributed by atoms with Crippen LogP contribution in [0.1, 0.15) is 11.1 Å². The molecule has 0 atom stereocenters. The van der Waals surface area contributed by atoms with E-state index in [0.29, 0.717) is 0 Å². The van der Waals surface area contributed by atoms with E-state index < -0.39 is 21.7 Å². The van der Waals surface area contributed by atoms with Crippen LogP contribution < -0.4 is 16.2 Å². The second kappa shape index (κ2) is 6.83. The van der Waals surface area contributed by atoms with Gasteiger partial charge in [-0.1, -0.05) is 0 Å². The van der Waals surface area contributed by atoms with E-state index in [-0.39, 0.29) is 41.5 Å². The first-order valence-corrected chi connectivity index (χ1v) is 7.56. The van der Waals surface area contributed by atoms with Crippen molar-refractivity contribution in [2.24, 2.45) is 5.73 Å². The number of anilines is 1. The molecule has 7 nitrogen and oxygen atoms in total. The molecule has 0 aromatic heterocycles. The standard InChI is InChI=1S/C12H18FN3O4S/c1-7-5-9(13)11(15)8(2)12(7)21(18,19)16-3-4-20-6-10(14)17/h5,16H,3-4,6,15H2,1-2H3,(H2,14,17). The third-order valence-electron chi connectivity index (χ3n) is 2.75. The van der Waals surface area contributed by atoms with Gasteiger partial charge in [-0.2, -0.15) is 0 Å². The van der Waals surface area contributed by atoms with Gasteiger partial charge in [-0.3, -0.25) is 4.79 Å². The normalized spacial score (nSPS) is 11.6. The molecule has 1 aromatic carbocycles. The van der Waals surface area contributed by atoms with E-state index in [1.165, 1.54) is 13.8 Å². The van der Waals surface area contributed by atoms with Crippen molar-refractivity contribution in [2.75, 3.05) is 25.5 Å². The minimum Gasteiger partial charge on any atom is -0.396 e. The lowest BCUT2D eigenvalue weighted by molar-refractivity contribution is -0.122. The molecular weight excluding hydrogens is 301 g/mol. The van der Waals surface area contributed by atoms with Crippen molar-refractivity contribution in [1.82, 2.24) is 4.72 Å². The van der Waals surface area contributed by atoms with Crippen LogP contribution in [0.4, 0.5) is 10.1 Å². The highest BCUT2D eigenvalue weighted by Gasteiger charge is 2.22. The topological polar surface area (TPSA) is 125 Å². The van der Waals surface area contributed by atoms with Crippen molar-refractivity contribution in [1.29, 1.82) is 0 Å². The Morgan fingerprint density at radius 3 is 2.62 bits per heavy atom. The Bertz CT molecular complexity index is 646. The molecule has 0 unspecified atom stereocenters. The first kappa shape index (κ1) is 17.3. The van der Waals surface area contributed by atoms with Gasteiger partial charge in [0, 0.05) is 6.54 Å². The Morgan fingerprint density at radius 2 is 2.05 bits per heavy atom. The Balaban J connectivity index is 2.85. The number of nitrogens with two attached hydrogens (primary N) is 2. The van der Waals surface area contributed by atoms with Crippen LogP contribution in [0.15, 0.2) is 11.0 Å². The molecule has 0 aliphatic rings. The molecule has 0 aliphatic heterocycles. The number of amides is 1. The molecule has 0 aliphatic carbocycles. The van der Waals surface area contributed by atoms with Gasteiger partial charge in [0.2, 0.25) is 15.9 Å². The molecule has 21 heavy (non-hydrogen) atoms. The van der Waals surface area contributed by atoms with Gasteiger partial charge in [0.15, 0.2) is 0 Å². The molecule has 5 N–H and O–H groups in total. The number of rotatable bonds is 7. The minimum absolute atomic E-state index is 0.0169. The van der Waals surface area contributed by atoms with Crippen LogP contribution in [-0.2, 0) is 19.6 Å². The van der Waals surface area contributed by atoms with Gasteiger partial charge >= 0.3 is 0 Å². The number of halogens is 1. The number of primary amides is 1. The average molecular weight is 319 g/mol. The maximum absolute atomic E-state index is 13.4. The average Bonchev–Trinajstić information content (AvgIpc) is 2.34.